The summed E-state index contributed by atoms with van der Waals surface area (Å²) in [6.45, 7) is 0. The van der Waals surface area contributed by atoms with Gasteiger partial charge in [0.2, 0.25) is 0 Å². The fourth-order valence-electron chi connectivity index (χ4n) is 3.87. The maximum absolute atomic E-state index is 13.0. The summed E-state index contributed by atoms with van der Waals surface area (Å²) in [5.74, 6) is -5.29. The SMILES string of the molecule is O=C(O)C1=NN(c2ccc(S(=O)(=O)[O-])cc2)C(=O)[C@@H]1CC=Cc1c(C(=O)O)[nH]n(-c2ccc(S(=O)(=O)[O-])cc2)c1=O.[K+].[K+]. The number of carbonyl (C=O) groups excluding carboxylic acids is 1. The van der Waals surface area contributed by atoms with Crippen LogP contribution in [-0.4, -0.2) is 69.5 Å². The van der Waals surface area contributed by atoms with Crippen LogP contribution in [0.4, 0.5) is 5.69 Å². The van der Waals surface area contributed by atoms with Crippen molar-refractivity contribution in [1.29, 1.82) is 0 Å². The largest absolute Gasteiger partial charge is 1.00 e. The molecule has 1 aliphatic heterocycles. The molecular weight excluding hydrogens is 667 g/mol. The van der Waals surface area contributed by atoms with Gasteiger partial charge in [-0.25, -0.2) is 31.1 Å². The second kappa shape index (κ2) is 14.6. The zero-order valence-electron chi connectivity index (χ0n) is 22.2. The van der Waals surface area contributed by atoms with Gasteiger partial charge in [0.1, 0.15) is 20.2 Å². The number of aromatic carboxylic acids is 1. The number of carbonyl (C=O) groups is 3. The Morgan fingerprint density at radius 3 is 1.79 bits per heavy atom. The van der Waals surface area contributed by atoms with Gasteiger partial charge >= 0.3 is 115 Å². The predicted molar refractivity (Wildman–Crippen MR) is 135 cm³/mol. The number of aromatic nitrogens is 2. The number of hydrazone groups is 1. The molecule has 1 amide bonds. The van der Waals surface area contributed by atoms with E-state index in [9.17, 15) is 55.3 Å². The molecule has 0 saturated heterocycles. The molecule has 0 bridgehead atoms. The number of carboxylic acids is 2. The van der Waals surface area contributed by atoms with Crippen molar-refractivity contribution in [2.75, 3.05) is 5.01 Å². The molecule has 43 heavy (non-hydrogen) atoms. The molecule has 0 saturated carbocycles. The topological polar surface area (TPSA) is 259 Å². The monoisotopic (exact) mass is 682 g/mol. The zero-order chi connectivity index (χ0) is 30.3. The Hall–Kier alpha value is -1.64. The van der Waals surface area contributed by atoms with Gasteiger partial charge in [-0.2, -0.15) is 10.1 Å². The van der Waals surface area contributed by atoms with Crippen molar-refractivity contribution in [3.8, 4) is 5.69 Å². The van der Waals surface area contributed by atoms with E-state index in [1.807, 2.05) is 0 Å². The number of anilines is 1. The average Bonchev–Trinajstić information content (AvgIpc) is 3.40. The third-order valence-electron chi connectivity index (χ3n) is 5.81. The normalized spacial score (nSPS) is 15.1. The Bertz CT molecular complexity index is 1920. The molecule has 2 aromatic carbocycles. The molecule has 214 valence electrons. The van der Waals surface area contributed by atoms with E-state index in [0.29, 0.717) is 5.01 Å². The van der Waals surface area contributed by atoms with Gasteiger partial charge in [0.15, 0.2) is 11.4 Å². The number of amides is 1. The molecule has 3 aromatic rings. The van der Waals surface area contributed by atoms with Crippen LogP contribution >= 0.6 is 0 Å². The Kier molecular flexibility index (Phi) is 12.8. The fraction of sp³-hybridized carbons (Fsp3) is 0.0870. The molecule has 1 atom stereocenters. The van der Waals surface area contributed by atoms with Gasteiger partial charge in [0, 0.05) is 0 Å². The van der Waals surface area contributed by atoms with Crippen LogP contribution in [0.1, 0.15) is 22.5 Å². The van der Waals surface area contributed by atoms with Gasteiger partial charge in [0.25, 0.3) is 11.5 Å². The molecule has 4 rings (SSSR count). The number of benzene rings is 2. The van der Waals surface area contributed by atoms with Crippen LogP contribution in [0.3, 0.4) is 0 Å². The van der Waals surface area contributed by atoms with Crippen LogP contribution in [0, 0.1) is 5.92 Å². The summed E-state index contributed by atoms with van der Waals surface area (Å²) in [5, 5.41) is 25.9. The van der Waals surface area contributed by atoms with Crippen molar-refractivity contribution in [2.45, 2.75) is 16.2 Å². The maximum atomic E-state index is 13.0. The van der Waals surface area contributed by atoms with Crippen LogP contribution in [0.5, 0.6) is 0 Å². The van der Waals surface area contributed by atoms with Crippen molar-refractivity contribution in [1.82, 2.24) is 9.78 Å². The van der Waals surface area contributed by atoms with E-state index in [4.69, 9.17) is 0 Å². The molecule has 16 nitrogen and oxygen atoms in total. The number of rotatable bonds is 9. The number of H-pyrrole nitrogens is 1. The van der Waals surface area contributed by atoms with Gasteiger partial charge in [0.05, 0.1) is 32.6 Å². The molecule has 3 N–H and O–H groups in total. The first kappa shape index (κ1) is 37.5. The van der Waals surface area contributed by atoms with E-state index in [1.54, 1.807) is 0 Å². The summed E-state index contributed by atoms with van der Waals surface area (Å²) in [6, 6.07) is 8.08. The standard InChI is InChI=1S/C23H18N4O12S2.2K/c28-20-16(18(22(30)31)24-26(20)12-4-8-14(9-5-12)40(34,35)36)2-1-3-17-19(23(32)33)25-27(21(17)29)13-6-10-15(11-7-13)41(37,38)39;;/h1-2,4-11,17,24H,3H2,(H,30,31)(H,32,33)(H,34,35,36)(H,37,38,39);;/q;2*+1/p-2/t17-;;/m1../s1. The first-order chi connectivity index (χ1) is 19.1. The summed E-state index contributed by atoms with van der Waals surface area (Å²) in [6.07, 6.45) is 1.90. The van der Waals surface area contributed by atoms with E-state index in [-0.39, 0.29) is 126 Å². The summed E-state index contributed by atoms with van der Waals surface area (Å²) in [7, 11) is -9.53. The van der Waals surface area contributed by atoms with Crippen LogP contribution < -0.4 is 113 Å². The van der Waals surface area contributed by atoms with Gasteiger partial charge in [-0.05, 0) is 55.0 Å². The number of carboxylic acid groups (broad SMARTS) is 2. The molecule has 0 radical (unpaired) electrons. The van der Waals surface area contributed by atoms with Crippen molar-refractivity contribution < 1.29 is 153 Å². The number of hydrogen-bond acceptors (Lipinski definition) is 11. The molecule has 0 spiro atoms. The van der Waals surface area contributed by atoms with Crippen molar-refractivity contribution in [3.05, 3.63) is 76.2 Å². The number of hydrogen-bond donors (Lipinski definition) is 3. The number of aliphatic carboxylic acids is 1. The Morgan fingerprint density at radius 1 is 0.860 bits per heavy atom. The molecule has 1 aromatic heterocycles. The summed E-state index contributed by atoms with van der Waals surface area (Å²) >= 11 is 0. The van der Waals surface area contributed by atoms with Crippen LogP contribution in [0.15, 0.2) is 74.3 Å². The van der Waals surface area contributed by atoms with E-state index in [2.05, 4.69) is 10.2 Å². The minimum atomic E-state index is -4.77. The average molecular weight is 683 g/mol. The zero-order valence-corrected chi connectivity index (χ0v) is 30.1. The first-order valence-electron chi connectivity index (χ1n) is 11.1. The Balaban J connectivity index is 0.00000323. The third-order valence-corrected chi connectivity index (χ3v) is 7.51. The molecular formula is C23H16K2N4O12S2. The van der Waals surface area contributed by atoms with E-state index < -0.39 is 70.8 Å². The first-order valence-corrected chi connectivity index (χ1v) is 13.9. The summed E-state index contributed by atoms with van der Waals surface area (Å²) in [4.78, 5) is 48.3. The third kappa shape index (κ3) is 8.35. The minimum absolute atomic E-state index is 0. The molecule has 0 fully saturated rings. The fourth-order valence-corrected chi connectivity index (χ4v) is 4.81. The van der Waals surface area contributed by atoms with Gasteiger partial charge < -0.3 is 19.3 Å². The number of aromatic amines is 1. The van der Waals surface area contributed by atoms with Crippen molar-refractivity contribution in [3.63, 3.8) is 0 Å². The molecule has 2 heterocycles. The predicted octanol–water partition coefficient (Wildman–Crippen LogP) is -5.81. The van der Waals surface area contributed by atoms with Gasteiger partial charge in [-0.15, -0.1) is 0 Å². The molecule has 0 unspecified atom stereocenters. The maximum Gasteiger partial charge on any atom is 1.00 e. The molecule has 0 aliphatic carbocycles. The van der Waals surface area contributed by atoms with Crippen LogP contribution in [0.2, 0.25) is 0 Å². The van der Waals surface area contributed by atoms with E-state index in [0.717, 1.165) is 59.3 Å². The second-order valence-corrected chi connectivity index (χ2v) is 11.1. The van der Waals surface area contributed by atoms with E-state index >= 15 is 0 Å². The summed E-state index contributed by atoms with van der Waals surface area (Å²) < 4.78 is 67.6. The number of allylic oxidation sites excluding steroid dienone is 1. The minimum Gasteiger partial charge on any atom is -0.744 e. The second-order valence-electron chi connectivity index (χ2n) is 8.37. The van der Waals surface area contributed by atoms with Gasteiger partial charge in [-0.1, -0.05) is 12.2 Å². The van der Waals surface area contributed by atoms with Crippen LogP contribution in [-0.2, 0) is 29.8 Å². The quantitative estimate of drug-likeness (QED) is 0.141. The Morgan fingerprint density at radius 2 is 1.35 bits per heavy atom. The van der Waals surface area contributed by atoms with E-state index in [1.165, 1.54) is 6.08 Å². The van der Waals surface area contributed by atoms with Crippen molar-refractivity contribution >= 4 is 55.6 Å². The van der Waals surface area contributed by atoms with Gasteiger partial charge in [-0.3, -0.25) is 14.7 Å². The summed E-state index contributed by atoms with van der Waals surface area (Å²) in [5.41, 5.74) is -2.46. The van der Waals surface area contributed by atoms with Crippen molar-refractivity contribution in [2.24, 2.45) is 11.0 Å². The molecule has 20 heteroatoms. The number of nitrogens with one attached hydrogen (secondary N) is 1. The smallest absolute Gasteiger partial charge is 0.744 e. The number of nitrogens with zero attached hydrogens (tertiary/aromatic N) is 3. The van der Waals surface area contributed by atoms with Crippen LogP contribution in [0.25, 0.3) is 11.8 Å². The molecule has 1 aliphatic rings. The Labute approximate surface area is 327 Å².